The van der Waals surface area contributed by atoms with Crippen LogP contribution in [0, 0.1) is 0 Å². The molecular weight excluding hydrogens is 370 g/mol. The first-order valence-electron chi connectivity index (χ1n) is 8.67. The van der Waals surface area contributed by atoms with Crippen LogP contribution >= 0.6 is 0 Å². The summed E-state index contributed by atoms with van der Waals surface area (Å²) in [4.78, 5) is 12.4. The molecule has 0 fully saturated rings. The maximum Gasteiger partial charge on any atom is 0.387 e. The van der Waals surface area contributed by atoms with E-state index in [0.717, 1.165) is 11.1 Å². The van der Waals surface area contributed by atoms with Crippen LogP contribution < -0.4 is 24.8 Å². The number of ether oxygens (including phenoxy) is 3. The minimum absolute atomic E-state index is 0.0640. The van der Waals surface area contributed by atoms with E-state index in [9.17, 15) is 13.6 Å². The number of alkyl halides is 2. The van der Waals surface area contributed by atoms with Crippen molar-refractivity contribution in [3.63, 3.8) is 0 Å². The topological polar surface area (TPSA) is 68.8 Å². The van der Waals surface area contributed by atoms with Crippen LogP contribution in [0.1, 0.15) is 37.1 Å². The van der Waals surface area contributed by atoms with Crippen molar-refractivity contribution >= 4 is 6.03 Å². The minimum Gasteiger partial charge on any atom is -0.497 e. The minimum atomic E-state index is -2.87. The zero-order valence-corrected chi connectivity index (χ0v) is 16.2. The third-order valence-corrected chi connectivity index (χ3v) is 4.20. The first-order valence-corrected chi connectivity index (χ1v) is 8.67. The number of methoxy groups -OCH3 is 2. The van der Waals surface area contributed by atoms with E-state index in [2.05, 4.69) is 15.4 Å². The lowest BCUT2D eigenvalue weighted by Crippen LogP contribution is -2.38. The van der Waals surface area contributed by atoms with E-state index in [0.29, 0.717) is 11.5 Å². The molecule has 0 heterocycles. The van der Waals surface area contributed by atoms with Crippen LogP contribution in [0.15, 0.2) is 42.5 Å². The molecule has 6 nitrogen and oxygen atoms in total. The summed E-state index contributed by atoms with van der Waals surface area (Å²) in [7, 11) is 3.12. The van der Waals surface area contributed by atoms with Gasteiger partial charge < -0.3 is 24.8 Å². The molecule has 2 aromatic carbocycles. The highest BCUT2D eigenvalue weighted by Gasteiger charge is 2.17. The molecule has 8 heteroatoms. The number of urea groups is 1. The Labute approximate surface area is 162 Å². The number of benzene rings is 2. The lowest BCUT2D eigenvalue weighted by atomic mass is 10.1. The van der Waals surface area contributed by atoms with Crippen molar-refractivity contribution in [2.45, 2.75) is 32.5 Å². The van der Waals surface area contributed by atoms with Crippen molar-refractivity contribution in [2.24, 2.45) is 0 Å². The van der Waals surface area contributed by atoms with Crippen molar-refractivity contribution in [3.8, 4) is 17.2 Å². The molecule has 0 aromatic heterocycles. The van der Waals surface area contributed by atoms with E-state index in [4.69, 9.17) is 9.47 Å². The second kappa shape index (κ2) is 9.77. The Balaban J connectivity index is 1.99. The number of hydrogen-bond acceptors (Lipinski definition) is 4. The number of carbonyl (C=O) groups excluding carboxylic acids is 1. The number of nitrogens with one attached hydrogen (secondary N) is 2. The van der Waals surface area contributed by atoms with Gasteiger partial charge >= 0.3 is 12.6 Å². The quantitative estimate of drug-likeness (QED) is 0.695. The fourth-order valence-electron chi connectivity index (χ4n) is 2.71. The van der Waals surface area contributed by atoms with Gasteiger partial charge in [-0.05, 0) is 49.7 Å². The van der Waals surface area contributed by atoms with Crippen LogP contribution in [-0.2, 0) is 0 Å². The van der Waals surface area contributed by atoms with E-state index in [1.165, 1.54) is 12.1 Å². The molecule has 0 bridgehead atoms. The largest absolute Gasteiger partial charge is 0.497 e. The van der Waals surface area contributed by atoms with E-state index >= 15 is 0 Å². The third kappa shape index (κ3) is 5.73. The Kier molecular flexibility index (Phi) is 7.43. The highest BCUT2D eigenvalue weighted by atomic mass is 19.3. The van der Waals surface area contributed by atoms with Gasteiger partial charge in [-0.2, -0.15) is 8.78 Å². The Morgan fingerprint density at radius 2 is 1.50 bits per heavy atom. The van der Waals surface area contributed by atoms with Crippen LogP contribution in [0.5, 0.6) is 17.2 Å². The number of amides is 2. The summed E-state index contributed by atoms with van der Waals surface area (Å²) in [5.74, 6) is 1.36. The van der Waals surface area contributed by atoms with E-state index in [1.54, 1.807) is 51.5 Å². The first kappa shape index (κ1) is 21.3. The Morgan fingerprint density at radius 3 is 2.07 bits per heavy atom. The molecule has 0 saturated heterocycles. The predicted molar refractivity (Wildman–Crippen MR) is 101 cm³/mol. The van der Waals surface area contributed by atoms with E-state index in [1.807, 2.05) is 6.92 Å². The molecule has 0 aliphatic carbocycles. The fraction of sp³-hybridized carbons (Fsp3) is 0.350. The normalized spacial score (nSPS) is 12.8. The molecular formula is C20H24F2N2O4. The molecule has 2 rings (SSSR count). The maximum atomic E-state index is 12.4. The fourth-order valence-corrected chi connectivity index (χ4v) is 2.71. The van der Waals surface area contributed by atoms with E-state index in [-0.39, 0.29) is 23.9 Å². The average molecular weight is 394 g/mol. The van der Waals surface area contributed by atoms with Crippen molar-refractivity contribution in [1.29, 1.82) is 0 Å². The summed E-state index contributed by atoms with van der Waals surface area (Å²) >= 11 is 0. The smallest absolute Gasteiger partial charge is 0.387 e. The molecule has 0 spiro atoms. The number of hydrogen-bond donors (Lipinski definition) is 2. The second-order valence-electron chi connectivity index (χ2n) is 6.12. The zero-order chi connectivity index (χ0) is 20.7. The number of halogens is 2. The van der Waals surface area contributed by atoms with Crippen LogP contribution in [0.2, 0.25) is 0 Å². The number of carbonyl (C=O) groups is 1. The zero-order valence-electron chi connectivity index (χ0n) is 16.2. The van der Waals surface area contributed by atoms with E-state index < -0.39 is 6.61 Å². The van der Waals surface area contributed by atoms with Gasteiger partial charge in [-0.1, -0.05) is 12.1 Å². The van der Waals surface area contributed by atoms with Crippen LogP contribution in [0.3, 0.4) is 0 Å². The highest BCUT2D eigenvalue weighted by molar-refractivity contribution is 5.75. The molecule has 2 atom stereocenters. The average Bonchev–Trinajstić information content (AvgIpc) is 2.67. The molecule has 2 N–H and O–H groups in total. The molecule has 2 amide bonds. The predicted octanol–water partition coefficient (Wildman–Crippen LogP) is 4.43. The molecule has 28 heavy (non-hydrogen) atoms. The van der Waals surface area contributed by atoms with Gasteiger partial charge in [-0.3, -0.25) is 0 Å². The number of rotatable bonds is 8. The molecule has 2 unspecified atom stereocenters. The molecule has 2 aromatic rings. The van der Waals surface area contributed by atoms with Crippen molar-refractivity contribution in [2.75, 3.05) is 14.2 Å². The summed E-state index contributed by atoms with van der Waals surface area (Å²) in [6, 6.07) is 10.4. The highest BCUT2D eigenvalue weighted by Crippen LogP contribution is 2.29. The van der Waals surface area contributed by atoms with Crippen molar-refractivity contribution in [1.82, 2.24) is 10.6 Å². The Hall–Kier alpha value is -3.03. The Morgan fingerprint density at radius 1 is 0.893 bits per heavy atom. The third-order valence-electron chi connectivity index (χ3n) is 4.20. The molecule has 0 aliphatic rings. The Bertz CT molecular complexity index is 784. The molecule has 0 aliphatic heterocycles. The molecule has 0 radical (unpaired) electrons. The summed E-state index contributed by atoms with van der Waals surface area (Å²) in [6.07, 6.45) is 0. The standard InChI is InChI=1S/C20H24F2N2O4/c1-12(14-5-7-15(8-6-14)28-19(21)22)23-20(25)24-13(2)17-11-16(26-3)9-10-18(17)27-4/h5-13,19H,1-4H3,(H2,23,24,25). The maximum absolute atomic E-state index is 12.4. The summed E-state index contributed by atoms with van der Waals surface area (Å²) in [5, 5.41) is 5.66. The lowest BCUT2D eigenvalue weighted by molar-refractivity contribution is -0.0498. The first-order chi connectivity index (χ1) is 13.3. The van der Waals surface area contributed by atoms with Gasteiger partial charge in [0.05, 0.1) is 26.3 Å². The SMILES string of the molecule is COc1ccc(OC)c(C(C)NC(=O)NC(C)c2ccc(OC(F)F)cc2)c1. The van der Waals surface area contributed by atoms with Crippen molar-refractivity contribution < 1.29 is 27.8 Å². The van der Waals surface area contributed by atoms with Gasteiger partial charge in [0.15, 0.2) is 0 Å². The van der Waals surface area contributed by atoms with Crippen LogP contribution in [-0.4, -0.2) is 26.9 Å². The molecule has 0 saturated carbocycles. The van der Waals surface area contributed by atoms with Gasteiger partial charge in [0.1, 0.15) is 17.2 Å². The van der Waals surface area contributed by atoms with Gasteiger partial charge in [0, 0.05) is 5.56 Å². The lowest BCUT2D eigenvalue weighted by Gasteiger charge is -2.21. The van der Waals surface area contributed by atoms with Crippen LogP contribution in [0.25, 0.3) is 0 Å². The summed E-state index contributed by atoms with van der Waals surface area (Å²) in [5.41, 5.74) is 1.53. The van der Waals surface area contributed by atoms with Crippen LogP contribution in [0.4, 0.5) is 13.6 Å². The second-order valence-corrected chi connectivity index (χ2v) is 6.12. The van der Waals surface area contributed by atoms with Gasteiger partial charge in [-0.15, -0.1) is 0 Å². The van der Waals surface area contributed by atoms with Gasteiger partial charge in [-0.25, -0.2) is 4.79 Å². The van der Waals surface area contributed by atoms with Gasteiger partial charge in [0.2, 0.25) is 0 Å². The molecule has 152 valence electrons. The summed E-state index contributed by atoms with van der Waals surface area (Å²) < 4.78 is 39.3. The van der Waals surface area contributed by atoms with Gasteiger partial charge in [0.25, 0.3) is 0 Å². The van der Waals surface area contributed by atoms with Crippen molar-refractivity contribution in [3.05, 3.63) is 53.6 Å². The monoisotopic (exact) mass is 394 g/mol. The summed E-state index contributed by atoms with van der Waals surface area (Å²) in [6.45, 7) is 0.749.